The highest BCUT2D eigenvalue weighted by Gasteiger charge is 2.31. The van der Waals surface area contributed by atoms with Crippen LogP contribution in [0.4, 0.5) is 10.5 Å². The maximum Gasteiger partial charge on any atom is 0.319 e. The van der Waals surface area contributed by atoms with Crippen molar-refractivity contribution in [2.45, 2.75) is 32.7 Å². The quantitative estimate of drug-likeness (QED) is 0.892. The molecule has 1 aliphatic rings. The van der Waals surface area contributed by atoms with Crippen LogP contribution in [0.5, 0.6) is 0 Å². The van der Waals surface area contributed by atoms with Crippen molar-refractivity contribution in [3.63, 3.8) is 0 Å². The highest BCUT2D eigenvalue weighted by Crippen LogP contribution is 2.29. The second-order valence-electron chi connectivity index (χ2n) is 5.90. The van der Waals surface area contributed by atoms with Gasteiger partial charge in [-0.25, -0.2) is 4.79 Å². The zero-order valence-corrected chi connectivity index (χ0v) is 13.8. The molecule has 3 rings (SSSR count). The molecule has 2 aromatic heterocycles. The number of urea groups is 1. The van der Waals surface area contributed by atoms with Crippen LogP contribution in [0.2, 0.25) is 0 Å². The van der Waals surface area contributed by atoms with Crippen LogP contribution >= 0.6 is 0 Å². The molecule has 8 nitrogen and oxygen atoms in total. The van der Waals surface area contributed by atoms with Crippen molar-refractivity contribution in [1.82, 2.24) is 20.4 Å². The summed E-state index contributed by atoms with van der Waals surface area (Å²) in [5, 5.41) is 9.62. The van der Waals surface area contributed by atoms with Gasteiger partial charge in [0.05, 0.1) is 11.9 Å². The number of pyridine rings is 1. The van der Waals surface area contributed by atoms with E-state index in [-0.39, 0.29) is 18.0 Å². The lowest BCUT2D eigenvalue weighted by Crippen LogP contribution is -2.38. The fourth-order valence-corrected chi connectivity index (χ4v) is 2.76. The third-order valence-corrected chi connectivity index (χ3v) is 4.12. The first kappa shape index (κ1) is 16.4. The third kappa shape index (κ3) is 3.88. The van der Waals surface area contributed by atoms with Gasteiger partial charge < -0.3 is 19.9 Å². The molecule has 1 atom stereocenters. The number of nitrogens with one attached hydrogen (secondary N) is 2. The molecule has 3 heterocycles. The maximum absolute atomic E-state index is 12.4. The molecule has 0 bridgehead atoms. The van der Waals surface area contributed by atoms with Crippen LogP contribution < -0.4 is 10.6 Å². The number of hydrogen-bond donors (Lipinski definition) is 2. The molecule has 128 valence electrons. The molecule has 0 radical (unpaired) electrons. The summed E-state index contributed by atoms with van der Waals surface area (Å²) in [6.07, 6.45) is 4.97. The second-order valence-corrected chi connectivity index (χ2v) is 5.90. The Balaban J connectivity index is 1.73. The molecule has 1 unspecified atom stereocenters. The van der Waals surface area contributed by atoms with Gasteiger partial charge in [-0.2, -0.15) is 4.98 Å². The summed E-state index contributed by atoms with van der Waals surface area (Å²) in [6, 6.07) is 1.18. The monoisotopic (exact) mass is 331 g/mol. The van der Waals surface area contributed by atoms with Gasteiger partial charge in [0.15, 0.2) is 5.82 Å². The molecule has 8 heteroatoms. The van der Waals surface area contributed by atoms with Crippen LogP contribution in [0, 0.1) is 19.8 Å². The number of anilines is 1. The van der Waals surface area contributed by atoms with Crippen molar-refractivity contribution in [2.75, 3.05) is 18.5 Å². The molecule has 0 saturated carbocycles. The van der Waals surface area contributed by atoms with E-state index in [9.17, 15) is 4.79 Å². The molecular formula is C16H21N5O3. The summed E-state index contributed by atoms with van der Waals surface area (Å²) in [5.74, 6) is 1.17. The first-order valence-electron chi connectivity index (χ1n) is 7.99. The molecule has 2 aromatic rings. The number of nitrogens with zero attached hydrogens (tertiary/aromatic N) is 3. The topological polar surface area (TPSA) is 102 Å². The Morgan fingerprint density at radius 2 is 2.12 bits per heavy atom. The molecule has 2 amide bonds. The van der Waals surface area contributed by atoms with E-state index in [4.69, 9.17) is 9.26 Å². The largest absolute Gasteiger partial charge is 0.381 e. The van der Waals surface area contributed by atoms with Crippen molar-refractivity contribution in [1.29, 1.82) is 0 Å². The minimum absolute atomic E-state index is 0.194. The van der Waals surface area contributed by atoms with E-state index in [1.165, 1.54) is 0 Å². The van der Waals surface area contributed by atoms with Gasteiger partial charge in [-0.3, -0.25) is 4.98 Å². The van der Waals surface area contributed by atoms with Gasteiger partial charge >= 0.3 is 6.03 Å². The summed E-state index contributed by atoms with van der Waals surface area (Å²) < 4.78 is 10.7. The number of hydrogen-bond acceptors (Lipinski definition) is 6. The highest BCUT2D eigenvalue weighted by molar-refractivity contribution is 5.90. The summed E-state index contributed by atoms with van der Waals surface area (Å²) >= 11 is 0. The summed E-state index contributed by atoms with van der Waals surface area (Å²) in [6.45, 7) is 5.00. The van der Waals surface area contributed by atoms with Crippen molar-refractivity contribution in [3.05, 3.63) is 35.7 Å². The molecule has 1 fully saturated rings. The van der Waals surface area contributed by atoms with Crippen molar-refractivity contribution in [2.24, 2.45) is 5.92 Å². The molecule has 0 aliphatic carbocycles. The van der Waals surface area contributed by atoms with Gasteiger partial charge in [-0.1, -0.05) is 5.16 Å². The number of aromatic nitrogens is 3. The zero-order valence-electron chi connectivity index (χ0n) is 13.8. The molecule has 0 aromatic carbocycles. The first-order chi connectivity index (χ1) is 11.6. The smallest absolute Gasteiger partial charge is 0.319 e. The SMILES string of the molecule is Cc1noc(C(NC(=O)Nc2cnccc2C)C2CCOCC2)n1. The average molecular weight is 331 g/mol. The van der Waals surface area contributed by atoms with E-state index in [1.807, 2.05) is 13.0 Å². The van der Waals surface area contributed by atoms with Crippen LogP contribution in [-0.2, 0) is 4.74 Å². The normalized spacial score (nSPS) is 16.6. The lowest BCUT2D eigenvalue weighted by molar-refractivity contribution is 0.0506. The third-order valence-electron chi connectivity index (χ3n) is 4.12. The average Bonchev–Trinajstić information content (AvgIpc) is 3.02. The number of rotatable bonds is 4. The standard InChI is InChI=1S/C16H21N5O3/c1-10-3-6-17-9-13(10)19-16(22)20-14(12-4-7-23-8-5-12)15-18-11(2)21-24-15/h3,6,9,12,14H,4-5,7-8H2,1-2H3,(H2,19,20,22). The second kappa shape index (κ2) is 7.39. The number of carbonyl (C=O) groups is 1. The predicted octanol–water partition coefficient (Wildman–Crippen LogP) is 2.37. The van der Waals surface area contributed by atoms with E-state index in [0.717, 1.165) is 18.4 Å². The zero-order chi connectivity index (χ0) is 16.9. The molecule has 0 spiro atoms. The lowest BCUT2D eigenvalue weighted by Gasteiger charge is -2.28. The van der Waals surface area contributed by atoms with Crippen molar-refractivity contribution < 1.29 is 14.1 Å². The Hall–Kier alpha value is -2.48. The highest BCUT2D eigenvalue weighted by atomic mass is 16.5. The van der Waals surface area contributed by atoms with Gasteiger partial charge in [0.25, 0.3) is 0 Å². The van der Waals surface area contributed by atoms with Crippen LogP contribution in [0.1, 0.15) is 36.2 Å². The Bertz CT molecular complexity index is 697. The Labute approximate surface area is 140 Å². The Kier molecular flexibility index (Phi) is 5.05. The predicted molar refractivity (Wildman–Crippen MR) is 86.4 cm³/mol. The van der Waals surface area contributed by atoms with Crippen molar-refractivity contribution >= 4 is 11.7 Å². The van der Waals surface area contributed by atoms with E-state index < -0.39 is 0 Å². The molecule has 1 saturated heterocycles. The van der Waals surface area contributed by atoms with Gasteiger partial charge in [0, 0.05) is 19.4 Å². The van der Waals surface area contributed by atoms with E-state index in [1.54, 1.807) is 19.3 Å². The molecule has 24 heavy (non-hydrogen) atoms. The summed E-state index contributed by atoms with van der Waals surface area (Å²) in [7, 11) is 0. The minimum Gasteiger partial charge on any atom is -0.381 e. The van der Waals surface area contributed by atoms with Crippen LogP contribution in [0.25, 0.3) is 0 Å². The molecular weight excluding hydrogens is 310 g/mol. The molecule has 2 N–H and O–H groups in total. The van der Waals surface area contributed by atoms with Gasteiger partial charge in [-0.05, 0) is 44.2 Å². The number of aryl methyl sites for hydroxylation is 2. The Morgan fingerprint density at radius 3 is 2.79 bits per heavy atom. The van der Waals surface area contributed by atoms with Crippen LogP contribution in [0.15, 0.2) is 23.0 Å². The number of amides is 2. The fourth-order valence-electron chi connectivity index (χ4n) is 2.76. The maximum atomic E-state index is 12.4. The van der Waals surface area contributed by atoms with E-state index in [2.05, 4.69) is 25.8 Å². The van der Waals surface area contributed by atoms with E-state index in [0.29, 0.717) is 30.6 Å². The summed E-state index contributed by atoms with van der Waals surface area (Å²) in [4.78, 5) is 20.7. The van der Waals surface area contributed by atoms with E-state index >= 15 is 0 Å². The minimum atomic E-state index is -0.341. The van der Waals surface area contributed by atoms with Crippen LogP contribution in [-0.4, -0.2) is 34.4 Å². The summed E-state index contributed by atoms with van der Waals surface area (Å²) in [5.41, 5.74) is 1.61. The van der Waals surface area contributed by atoms with Gasteiger partial charge in [0.2, 0.25) is 5.89 Å². The lowest BCUT2D eigenvalue weighted by atomic mass is 9.91. The van der Waals surface area contributed by atoms with Crippen molar-refractivity contribution in [3.8, 4) is 0 Å². The van der Waals surface area contributed by atoms with Gasteiger partial charge in [-0.15, -0.1) is 0 Å². The number of ether oxygens (including phenoxy) is 1. The van der Waals surface area contributed by atoms with Crippen LogP contribution in [0.3, 0.4) is 0 Å². The first-order valence-corrected chi connectivity index (χ1v) is 7.99. The Morgan fingerprint density at radius 1 is 1.33 bits per heavy atom. The molecule has 1 aliphatic heterocycles. The van der Waals surface area contributed by atoms with Gasteiger partial charge in [0.1, 0.15) is 6.04 Å². The number of carbonyl (C=O) groups excluding carboxylic acids is 1. The fraction of sp³-hybridized carbons (Fsp3) is 0.500.